The van der Waals surface area contributed by atoms with E-state index in [4.69, 9.17) is 4.74 Å². The number of pyridine rings is 1. The van der Waals surface area contributed by atoms with Crippen LogP contribution in [-0.2, 0) is 0 Å². The molecule has 0 radical (unpaired) electrons. The number of carbonyl (C=O) groups is 1. The number of benzene rings is 1. The van der Waals surface area contributed by atoms with Gasteiger partial charge in [0, 0.05) is 22.8 Å². The molecule has 0 spiro atoms. The summed E-state index contributed by atoms with van der Waals surface area (Å²) >= 11 is 7.24. The molecule has 2 aromatic heterocycles. The van der Waals surface area contributed by atoms with Crippen LogP contribution < -0.4 is 4.74 Å². The van der Waals surface area contributed by atoms with E-state index in [-0.39, 0.29) is 5.78 Å². The Bertz CT molecular complexity index is 1070. The summed E-state index contributed by atoms with van der Waals surface area (Å²) in [4.78, 5) is 15.9. The average molecular weight is 578 g/mol. The summed E-state index contributed by atoms with van der Waals surface area (Å²) in [5.74, 6) is 0.771. The van der Waals surface area contributed by atoms with Crippen molar-refractivity contribution in [1.29, 1.82) is 0 Å². The van der Waals surface area contributed by atoms with Gasteiger partial charge in [0.2, 0.25) is 5.78 Å². The third-order valence-corrected chi connectivity index (χ3v) is 7.57. The van der Waals surface area contributed by atoms with E-state index >= 15 is 0 Å². The Morgan fingerprint density at radius 3 is 2.36 bits per heavy atom. The first-order valence-electron chi connectivity index (χ1n) is 11.9. The molecule has 0 aliphatic heterocycles. The molecule has 0 saturated carbocycles. The summed E-state index contributed by atoms with van der Waals surface area (Å²) in [5.41, 5.74) is 3.25. The van der Waals surface area contributed by atoms with E-state index in [2.05, 4.69) is 50.6 Å². The topological polar surface area (TPSA) is 34.0 Å². The summed E-state index contributed by atoms with van der Waals surface area (Å²) in [6.07, 6.45) is 7.87. The molecule has 3 rings (SSSR count). The first-order valence-corrected chi connectivity index (χ1v) is 13.5. The second-order valence-corrected chi connectivity index (χ2v) is 10.1. The first kappa shape index (κ1) is 26.0. The van der Waals surface area contributed by atoms with Crippen molar-refractivity contribution in [1.82, 2.24) is 9.30 Å². The maximum Gasteiger partial charge on any atom is 0.210 e. The maximum atomic E-state index is 13.4. The number of fused-ring (bicyclic) bond motifs is 1. The van der Waals surface area contributed by atoms with Crippen molar-refractivity contribution in [3.8, 4) is 5.75 Å². The fourth-order valence-electron chi connectivity index (χ4n) is 4.04. The number of rotatable bonds is 13. The van der Waals surface area contributed by atoms with E-state index in [1.54, 1.807) is 0 Å². The number of nitrogens with zero attached hydrogens (tertiary/aromatic N) is 2. The number of hydrogen-bond acceptors (Lipinski definition) is 3. The van der Waals surface area contributed by atoms with Gasteiger partial charge < -0.3 is 14.0 Å². The van der Waals surface area contributed by atoms with E-state index in [0.29, 0.717) is 17.9 Å². The fourth-order valence-corrected chi connectivity index (χ4v) is 5.04. The molecule has 33 heavy (non-hydrogen) atoms. The number of aromatic nitrogens is 1. The summed E-state index contributed by atoms with van der Waals surface area (Å²) < 4.78 is 9.75. The Balaban J connectivity index is 1.63. The van der Waals surface area contributed by atoms with Gasteiger partial charge in [-0.3, -0.25) is 4.79 Å². The highest BCUT2D eigenvalue weighted by molar-refractivity contribution is 9.11. The molecule has 4 nitrogen and oxygen atoms in total. The molecule has 0 aliphatic carbocycles. The van der Waals surface area contributed by atoms with Crippen LogP contribution >= 0.6 is 31.9 Å². The van der Waals surface area contributed by atoms with Gasteiger partial charge in [0.05, 0.1) is 22.3 Å². The second-order valence-electron chi connectivity index (χ2n) is 8.47. The van der Waals surface area contributed by atoms with Crippen LogP contribution in [0.25, 0.3) is 5.52 Å². The zero-order valence-electron chi connectivity index (χ0n) is 19.9. The Kier molecular flexibility index (Phi) is 10.0. The molecule has 2 heterocycles. The van der Waals surface area contributed by atoms with E-state index < -0.39 is 0 Å². The lowest BCUT2D eigenvalue weighted by molar-refractivity contribution is 0.103. The third-order valence-electron chi connectivity index (χ3n) is 5.95. The number of halogens is 2. The summed E-state index contributed by atoms with van der Waals surface area (Å²) in [6.45, 7) is 10.5. The van der Waals surface area contributed by atoms with Crippen molar-refractivity contribution >= 4 is 43.2 Å². The minimum Gasteiger partial charge on any atom is -0.492 e. The molecule has 0 atom stereocenters. The lowest BCUT2D eigenvalue weighted by Crippen LogP contribution is -2.28. The minimum absolute atomic E-state index is 0.00543. The quantitative estimate of drug-likeness (QED) is 0.154. The van der Waals surface area contributed by atoms with Crippen LogP contribution in [0.5, 0.6) is 5.75 Å². The Labute approximate surface area is 214 Å². The van der Waals surface area contributed by atoms with E-state index in [1.807, 2.05) is 53.9 Å². The molecule has 0 fully saturated rings. The van der Waals surface area contributed by atoms with Gasteiger partial charge >= 0.3 is 0 Å². The lowest BCUT2D eigenvalue weighted by atomic mass is 10.1. The smallest absolute Gasteiger partial charge is 0.210 e. The largest absolute Gasteiger partial charge is 0.492 e. The van der Waals surface area contributed by atoms with Gasteiger partial charge in [-0.25, -0.2) is 0 Å². The van der Waals surface area contributed by atoms with Crippen LogP contribution in [0.15, 0.2) is 51.5 Å². The van der Waals surface area contributed by atoms with Gasteiger partial charge in [-0.15, -0.1) is 0 Å². The highest BCUT2D eigenvalue weighted by Crippen LogP contribution is 2.32. The molecular formula is C27H34Br2N2O2. The van der Waals surface area contributed by atoms with Crippen LogP contribution in [0.4, 0.5) is 0 Å². The predicted octanol–water partition coefficient (Wildman–Crippen LogP) is 7.67. The zero-order valence-corrected chi connectivity index (χ0v) is 23.0. The van der Waals surface area contributed by atoms with Gasteiger partial charge in [0.15, 0.2) is 0 Å². The van der Waals surface area contributed by atoms with Crippen LogP contribution in [0, 0.1) is 6.92 Å². The third kappa shape index (κ3) is 6.49. The molecule has 0 aliphatic rings. The fraction of sp³-hybridized carbons (Fsp3) is 0.444. The van der Waals surface area contributed by atoms with Crippen molar-refractivity contribution in [2.24, 2.45) is 0 Å². The minimum atomic E-state index is -0.00543. The molecule has 178 valence electrons. The molecule has 0 unspecified atom stereocenters. The van der Waals surface area contributed by atoms with Crippen molar-refractivity contribution in [2.45, 2.75) is 52.9 Å². The Morgan fingerprint density at radius 2 is 1.70 bits per heavy atom. The van der Waals surface area contributed by atoms with Crippen LogP contribution in [0.1, 0.15) is 67.6 Å². The van der Waals surface area contributed by atoms with Crippen molar-refractivity contribution in [3.63, 3.8) is 0 Å². The highest BCUT2D eigenvalue weighted by atomic mass is 79.9. The van der Waals surface area contributed by atoms with Crippen LogP contribution in [0.3, 0.4) is 0 Å². The number of ketones is 1. The van der Waals surface area contributed by atoms with Crippen LogP contribution in [0.2, 0.25) is 0 Å². The molecule has 0 saturated heterocycles. The molecule has 0 bridgehead atoms. The average Bonchev–Trinajstić information content (AvgIpc) is 3.08. The summed E-state index contributed by atoms with van der Waals surface area (Å²) in [6, 6.07) is 11.5. The SMILES string of the molecule is CCCCN(CCCC)CCCOc1ccc(C(=O)c2c(C)c(Br)c3ccccn23)cc1Br. The molecular weight excluding hydrogens is 544 g/mol. The van der Waals surface area contributed by atoms with E-state index in [1.165, 1.54) is 38.8 Å². The van der Waals surface area contributed by atoms with Crippen molar-refractivity contribution in [2.75, 3.05) is 26.2 Å². The molecule has 6 heteroatoms. The number of unbranched alkanes of at least 4 members (excludes halogenated alkanes) is 2. The van der Waals surface area contributed by atoms with Crippen LogP contribution in [-0.4, -0.2) is 41.3 Å². The van der Waals surface area contributed by atoms with Gasteiger partial charge in [0.1, 0.15) is 5.75 Å². The maximum absolute atomic E-state index is 13.4. The number of hydrogen-bond donors (Lipinski definition) is 0. The zero-order chi connectivity index (χ0) is 23.8. The lowest BCUT2D eigenvalue weighted by Gasteiger charge is -2.22. The molecule has 0 N–H and O–H groups in total. The predicted molar refractivity (Wildman–Crippen MR) is 144 cm³/mol. The monoisotopic (exact) mass is 576 g/mol. The van der Waals surface area contributed by atoms with Crippen molar-refractivity contribution < 1.29 is 9.53 Å². The summed E-state index contributed by atoms with van der Waals surface area (Å²) in [5, 5.41) is 0. The van der Waals surface area contributed by atoms with Crippen molar-refractivity contribution in [3.05, 3.63) is 68.4 Å². The Morgan fingerprint density at radius 1 is 1.00 bits per heavy atom. The van der Waals surface area contributed by atoms with Gasteiger partial charge in [-0.2, -0.15) is 0 Å². The van der Waals surface area contributed by atoms with Gasteiger partial charge in [-0.05, 0) is 107 Å². The van der Waals surface area contributed by atoms with E-state index in [0.717, 1.165) is 38.7 Å². The second kappa shape index (κ2) is 12.7. The Hall–Kier alpha value is -1.63. The summed E-state index contributed by atoms with van der Waals surface area (Å²) in [7, 11) is 0. The van der Waals surface area contributed by atoms with Gasteiger partial charge in [0.25, 0.3) is 0 Å². The first-order chi connectivity index (χ1) is 16.0. The number of carbonyl (C=O) groups excluding carboxylic acids is 1. The molecule has 1 aromatic carbocycles. The molecule has 3 aromatic rings. The van der Waals surface area contributed by atoms with Gasteiger partial charge in [-0.1, -0.05) is 32.8 Å². The van der Waals surface area contributed by atoms with E-state index in [9.17, 15) is 4.79 Å². The normalized spacial score (nSPS) is 11.5. The molecule has 0 amide bonds. The highest BCUT2D eigenvalue weighted by Gasteiger charge is 2.21. The standard InChI is InChI=1S/C27H34Br2N2O2/c1-4-6-14-30(15-7-5-2)16-10-18-33-24-13-12-21(19-22(24)28)27(32)26-20(3)25(29)23-11-8-9-17-31(23)26/h8-9,11-13,17,19H,4-7,10,14-16,18H2,1-3H3. The number of ether oxygens (including phenoxy) is 1.